The van der Waals surface area contributed by atoms with Crippen LogP contribution in [0, 0.1) is 5.92 Å². The molecule has 2 saturated heterocycles. The Balaban J connectivity index is 1.42. The van der Waals surface area contributed by atoms with Crippen molar-refractivity contribution >= 4 is 46.7 Å². The van der Waals surface area contributed by atoms with Gasteiger partial charge in [0.15, 0.2) is 0 Å². The molecule has 0 bridgehead atoms. The number of amides is 2. The smallest absolute Gasteiger partial charge is 0.318 e. The van der Waals surface area contributed by atoms with E-state index >= 15 is 0 Å². The summed E-state index contributed by atoms with van der Waals surface area (Å²) >= 11 is 12.2. The standard InChI is InChI=1S/C27H22Cl2N2O5/c1-35-25(33)23-15(21-9-8-20(36-21)14-6-7-17(28)18(29)12-14)13-22-27(10-11-31(22)24(23)32)16-4-2-3-5-19(16)30-26(27)34/h2-9,12,15,22-23H,10-11,13H2,1H3,(H,30,34)/t15-,22-,23-,27-/m0/s1. The van der Waals surface area contributed by atoms with Crippen molar-refractivity contribution in [3.63, 3.8) is 0 Å². The number of hydrogen-bond donors (Lipinski definition) is 1. The average Bonchev–Trinajstić information content (AvgIpc) is 3.58. The Bertz CT molecular complexity index is 1420. The third-order valence-corrected chi connectivity index (χ3v) is 8.57. The molecule has 3 aliphatic rings. The third kappa shape index (κ3) is 3.22. The van der Waals surface area contributed by atoms with Crippen LogP contribution in [0.3, 0.4) is 0 Å². The summed E-state index contributed by atoms with van der Waals surface area (Å²) < 4.78 is 11.2. The molecule has 3 aromatic rings. The first-order chi connectivity index (χ1) is 17.3. The lowest BCUT2D eigenvalue weighted by atomic mass is 9.68. The zero-order valence-electron chi connectivity index (χ0n) is 19.3. The minimum atomic E-state index is -1.06. The first-order valence-electron chi connectivity index (χ1n) is 11.7. The van der Waals surface area contributed by atoms with E-state index < -0.39 is 29.3 Å². The summed E-state index contributed by atoms with van der Waals surface area (Å²) in [7, 11) is 1.27. The van der Waals surface area contributed by atoms with Crippen molar-refractivity contribution in [3.8, 4) is 11.3 Å². The van der Waals surface area contributed by atoms with Crippen molar-refractivity contribution in [1.29, 1.82) is 0 Å². The molecule has 7 nitrogen and oxygen atoms in total. The highest BCUT2D eigenvalue weighted by Crippen LogP contribution is 2.54. The maximum atomic E-state index is 13.7. The monoisotopic (exact) mass is 524 g/mol. The number of esters is 1. The minimum absolute atomic E-state index is 0.116. The summed E-state index contributed by atoms with van der Waals surface area (Å²) in [6.45, 7) is 0.387. The number of furan rings is 1. The maximum Gasteiger partial charge on any atom is 0.318 e. The summed E-state index contributed by atoms with van der Waals surface area (Å²) in [5.41, 5.74) is 1.50. The molecule has 4 heterocycles. The number of ether oxygens (including phenoxy) is 1. The highest BCUT2D eigenvalue weighted by molar-refractivity contribution is 6.42. The van der Waals surface area contributed by atoms with E-state index in [4.69, 9.17) is 32.4 Å². The number of nitrogens with zero attached hydrogens (tertiary/aromatic N) is 1. The largest absolute Gasteiger partial charge is 0.468 e. The van der Waals surface area contributed by atoms with Crippen LogP contribution in [-0.2, 0) is 24.5 Å². The Morgan fingerprint density at radius 3 is 2.69 bits per heavy atom. The number of anilines is 1. The van der Waals surface area contributed by atoms with Crippen LogP contribution in [0.25, 0.3) is 11.3 Å². The maximum absolute atomic E-state index is 13.7. The Morgan fingerprint density at radius 1 is 1.11 bits per heavy atom. The van der Waals surface area contributed by atoms with Gasteiger partial charge < -0.3 is 19.4 Å². The molecule has 2 amide bonds. The number of piperidine rings is 1. The third-order valence-electron chi connectivity index (χ3n) is 7.83. The Hall–Kier alpha value is -3.29. The van der Waals surface area contributed by atoms with E-state index in [1.54, 1.807) is 35.2 Å². The van der Waals surface area contributed by atoms with Gasteiger partial charge in [0.05, 0.1) is 28.6 Å². The predicted molar refractivity (Wildman–Crippen MR) is 134 cm³/mol. The Morgan fingerprint density at radius 2 is 1.92 bits per heavy atom. The molecule has 2 aromatic carbocycles. The molecular weight excluding hydrogens is 503 g/mol. The van der Waals surface area contributed by atoms with Crippen LogP contribution in [-0.4, -0.2) is 42.4 Å². The second-order valence-electron chi connectivity index (χ2n) is 9.44. The molecule has 2 fully saturated rings. The molecule has 3 aliphatic heterocycles. The Labute approximate surface area is 217 Å². The van der Waals surface area contributed by atoms with E-state index in [0.717, 1.165) is 16.8 Å². The van der Waals surface area contributed by atoms with Crippen LogP contribution in [0.4, 0.5) is 5.69 Å². The van der Waals surface area contributed by atoms with Gasteiger partial charge in [0.25, 0.3) is 0 Å². The van der Waals surface area contributed by atoms with Gasteiger partial charge in [-0.3, -0.25) is 14.4 Å². The molecule has 0 unspecified atom stereocenters. The zero-order chi connectivity index (χ0) is 25.2. The fraction of sp³-hybridized carbons (Fsp3) is 0.296. The highest BCUT2D eigenvalue weighted by Gasteiger charge is 2.63. The van der Waals surface area contributed by atoms with E-state index in [1.807, 2.05) is 24.3 Å². The van der Waals surface area contributed by atoms with Crippen LogP contribution in [0.15, 0.2) is 59.0 Å². The molecule has 0 aliphatic carbocycles. The topological polar surface area (TPSA) is 88.9 Å². The van der Waals surface area contributed by atoms with Gasteiger partial charge in [-0.25, -0.2) is 0 Å². The van der Waals surface area contributed by atoms with Crippen molar-refractivity contribution in [3.05, 3.63) is 76.0 Å². The van der Waals surface area contributed by atoms with E-state index in [0.29, 0.717) is 41.0 Å². The normalized spacial score (nSPS) is 26.6. The fourth-order valence-electron chi connectivity index (χ4n) is 6.15. The van der Waals surface area contributed by atoms with Gasteiger partial charge in [-0.05, 0) is 54.8 Å². The average molecular weight is 525 g/mol. The minimum Gasteiger partial charge on any atom is -0.468 e. The van der Waals surface area contributed by atoms with Crippen LogP contribution in [0.5, 0.6) is 0 Å². The lowest BCUT2D eigenvalue weighted by Gasteiger charge is -2.42. The molecule has 1 N–H and O–H groups in total. The molecule has 184 valence electrons. The first kappa shape index (κ1) is 23.1. The van der Waals surface area contributed by atoms with Gasteiger partial charge in [-0.2, -0.15) is 0 Å². The number of para-hydroxylation sites is 1. The lowest BCUT2D eigenvalue weighted by molar-refractivity contribution is -0.159. The Kier molecular flexibility index (Phi) is 5.39. The van der Waals surface area contributed by atoms with Gasteiger partial charge in [-0.1, -0.05) is 41.4 Å². The summed E-state index contributed by atoms with van der Waals surface area (Å²) in [6.07, 6.45) is 0.862. The van der Waals surface area contributed by atoms with Crippen molar-refractivity contribution in [1.82, 2.24) is 4.90 Å². The van der Waals surface area contributed by atoms with Gasteiger partial charge in [0.1, 0.15) is 17.4 Å². The lowest BCUT2D eigenvalue weighted by Crippen LogP contribution is -2.56. The number of hydrogen-bond acceptors (Lipinski definition) is 5. The second-order valence-corrected chi connectivity index (χ2v) is 10.3. The summed E-state index contributed by atoms with van der Waals surface area (Å²) in [5, 5.41) is 3.82. The molecule has 1 spiro atoms. The number of benzene rings is 2. The van der Waals surface area contributed by atoms with Crippen LogP contribution in [0.1, 0.15) is 30.1 Å². The van der Waals surface area contributed by atoms with Crippen molar-refractivity contribution in [2.45, 2.75) is 30.2 Å². The molecule has 9 heteroatoms. The van der Waals surface area contributed by atoms with E-state index in [2.05, 4.69) is 5.32 Å². The van der Waals surface area contributed by atoms with E-state index in [-0.39, 0.29) is 11.8 Å². The first-order valence-corrected chi connectivity index (χ1v) is 12.4. The molecular formula is C27H22Cl2N2O5. The molecule has 4 atom stereocenters. The number of methoxy groups -OCH3 is 1. The summed E-state index contributed by atoms with van der Waals surface area (Å²) in [5.74, 6) is -1.72. The van der Waals surface area contributed by atoms with Gasteiger partial charge >= 0.3 is 5.97 Å². The number of rotatable bonds is 3. The predicted octanol–water partition coefficient (Wildman–Crippen LogP) is 5.02. The molecule has 36 heavy (non-hydrogen) atoms. The van der Waals surface area contributed by atoms with Crippen LogP contribution >= 0.6 is 23.2 Å². The molecule has 1 aromatic heterocycles. The quantitative estimate of drug-likeness (QED) is 0.383. The van der Waals surface area contributed by atoms with Gasteiger partial charge in [0, 0.05) is 23.7 Å². The van der Waals surface area contributed by atoms with E-state index in [9.17, 15) is 14.4 Å². The summed E-state index contributed by atoms with van der Waals surface area (Å²) in [4.78, 5) is 41.7. The number of nitrogens with one attached hydrogen (secondary N) is 1. The fourth-order valence-corrected chi connectivity index (χ4v) is 6.45. The molecule has 0 saturated carbocycles. The molecule has 6 rings (SSSR count). The van der Waals surface area contributed by atoms with E-state index in [1.165, 1.54) is 7.11 Å². The molecule has 0 radical (unpaired) electrons. The second kappa shape index (κ2) is 8.39. The van der Waals surface area contributed by atoms with Crippen LogP contribution < -0.4 is 5.32 Å². The number of carbonyl (C=O) groups is 3. The van der Waals surface area contributed by atoms with Crippen molar-refractivity contribution in [2.75, 3.05) is 19.0 Å². The summed E-state index contributed by atoms with van der Waals surface area (Å²) in [6, 6.07) is 15.9. The van der Waals surface area contributed by atoms with Crippen LogP contribution in [0.2, 0.25) is 10.0 Å². The number of halogens is 2. The van der Waals surface area contributed by atoms with Crippen molar-refractivity contribution in [2.24, 2.45) is 5.92 Å². The van der Waals surface area contributed by atoms with Gasteiger partial charge in [-0.15, -0.1) is 0 Å². The zero-order valence-corrected chi connectivity index (χ0v) is 20.8. The van der Waals surface area contributed by atoms with Crippen molar-refractivity contribution < 1.29 is 23.5 Å². The highest BCUT2D eigenvalue weighted by atomic mass is 35.5. The van der Waals surface area contributed by atoms with Gasteiger partial charge in [0.2, 0.25) is 11.8 Å². The SMILES string of the molecule is COC(=O)[C@@H]1C(=O)N2CC[C@@]3(C(=O)Nc4ccccc43)[C@@H]2C[C@H]1c1ccc(-c2ccc(Cl)c(Cl)c2)o1. The number of fused-ring (bicyclic) bond motifs is 4. The number of carbonyl (C=O) groups excluding carboxylic acids is 3.